The molecule has 2 aliphatic rings. The van der Waals surface area contributed by atoms with Gasteiger partial charge in [0.15, 0.2) is 17.4 Å². The molecule has 0 saturated heterocycles. The molecule has 1 aliphatic carbocycles. The predicted octanol–water partition coefficient (Wildman–Crippen LogP) is 2.74. The van der Waals surface area contributed by atoms with E-state index in [2.05, 4.69) is 10.2 Å². The smallest absolute Gasteiger partial charge is 0.194 e. The zero-order chi connectivity index (χ0) is 19.0. The number of rotatable bonds is 2. The molecule has 0 spiro atoms. The van der Waals surface area contributed by atoms with Crippen LogP contribution in [-0.2, 0) is 4.79 Å². The summed E-state index contributed by atoms with van der Waals surface area (Å²) in [5.74, 6) is 1.38. The van der Waals surface area contributed by atoms with Crippen LogP contribution < -0.4 is 9.64 Å². The molecule has 1 aliphatic heterocycles. The molecule has 1 saturated carbocycles. The van der Waals surface area contributed by atoms with Crippen molar-refractivity contribution in [1.82, 2.24) is 10.2 Å². The number of phenols is 1. The molecule has 1 aromatic heterocycles. The second-order valence-corrected chi connectivity index (χ2v) is 6.99. The number of nitrogens with zero attached hydrogens (tertiary/aromatic N) is 4. The molecule has 0 radical (unpaired) electrons. The second kappa shape index (κ2) is 6.88. The maximum absolute atomic E-state index is 12.4. The normalized spacial score (nSPS) is 19.2. The fourth-order valence-corrected chi connectivity index (χ4v) is 3.92. The van der Waals surface area contributed by atoms with E-state index in [1.54, 1.807) is 12.1 Å². The lowest BCUT2D eigenvalue weighted by molar-refractivity contribution is -0.121. The first-order valence-electron chi connectivity index (χ1n) is 9.12. The molecule has 4 rings (SSSR count). The van der Waals surface area contributed by atoms with Gasteiger partial charge in [0.25, 0.3) is 0 Å². The first kappa shape index (κ1) is 17.3. The maximum Gasteiger partial charge on any atom is 0.194 e. The maximum atomic E-state index is 12.4. The van der Waals surface area contributed by atoms with E-state index in [0.717, 1.165) is 24.8 Å². The van der Waals surface area contributed by atoms with Gasteiger partial charge in [0.2, 0.25) is 0 Å². The number of carbonyl (C=O) groups is 1. The number of ketones is 1. The molecule has 1 fully saturated rings. The highest BCUT2D eigenvalue weighted by atomic mass is 16.5. The largest absolute Gasteiger partial charge is 0.507 e. The minimum atomic E-state index is -0.161. The number of hydrogen-bond donors (Lipinski definition) is 1. The number of fused-ring (bicyclic) bond motifs is 1. The van der Waals surface area contributed by atoms with Crippen LogP contribution in [0.3, 0.4) is 0 Å². The van der Waals surface area contributed by atoms with Crippen molar-refractivity contribution in [2.75, 3.05) is 18.1 Å². The first-order valence-corrected chi connectivity index (χ1v) is 9.12. The fraction of sp³-hybridized carbons (Fsp3) is 0.400. The zero-order valence-corrected chi connectivity index (χ0v) is 15.1. The molecule has 1 aromatic carbocycles. The Morgan fingerprint density at radius 3 is 2.89 bits per heavy atom. The molecule has 7 heteroatoms. The van der Waals surface area contributed by atoms with Gasteiger partial charge in [-0.3, -0.25) is 4.79 Å². The highest BCUT2D eigenvalue weighted by molar-refractivity contribution is 5.88. The molecular weight excluding hydrogens is 344 g/mol. The van der Waals surface area contributed by atoms with Crippen molar-refractivity contribution < 1.29 is 14.6 Å². The van der Waals surface area contributed by atoms with Crippen LogP contribution in [0, 0.1) is 18.3 Å². The summed E-state index contributed by atoms with van der Waals surface area (Å²) < 4.78 is 5.78. The number of Topliss-reactive ketones (excluding diaryl/α,β-unsaturated/α-hetero) is 1. The molecule has 7 nitrogen and oxygen atoms in total. The summed E-state index contributed by atoms with van der Waals surface area (Å²) in [5.41, 5.74) is 2.12. The number of carbonyl (C=O) groups excluding carboxylic acids is 1. The summed E-state index contributed by atoms with van der Waals surface area (Å²) in [7, 11) is 0. The SMILES string of the molecule is Cc1cc(C#N)cc(O)c1-c1cc2c(nn1)N([C@@H]1CCCCC1=O)CCO2. The van der Waals surface area contributed by atoms with Crippen LogP contribution in [0.5, 0.6) is 11.5 Å². The Morgan fingerprint density at radius 2 is 2.15 bits per heavy atom. The van der Waals surface area contributed by atoms with Gasteiger partial charge in [0.1, 0.15) is 18.1 Å². The molecule has 1 atom stereocenters. The summed E-state index contributed by atoms with van der Waals surface area (Å²) in [6.07, 6.45) is 3.43. The standard InChI is InChI=1S/C20H20N4O3/c1-12-8-13(11-21)9-17(26)19(12)14-10-18-20(23-22-14)24(6-7-27-18)15-4-2-3-5-16(15)25/h8-10,15,26H,2-7H2,1H3/t15-/m1/s1. The van der Waals surface area contributed by atoms with Crippen molar-refractivity contribution in [3.63, 3.8) is 0 Å². The van der Waals surface area contributed by atoms with E-state index in [0.29, 0.717) is 48.0 Å². The van der Waals surface area contributed by atoms with Crippen LogP contribution in [0.4, 0.5) is 5.82 Å². The van der Waals surface area contributed by atoms with Gasteiger partial charge in [0, 0.05) is 18.1 Å². The monoisotopic (exact) mass is 364 g/mol. The predicted molar refractivity (Wildman–Crippen MR) is 98.7 cm³/mol. The Kier molecular flexibility index (Phi) is 4.40. The highest BCUT2D eigenvalue weighted by Gasteiger charge is 2.33. The molecule has 2 aromatic rings. The fourth-order valence-electron chi connectivity index (χ4n) is 3.92. The summed E-state index contributed by atoms with van der Waals surface area (Å²) in [6.45, 7) is 2.89. The van der Waals surface area contributed by atoms with E-state index in [-0.39, 0.29) is 17.6 Å². The number of aromatic nitrogens is 2. The summed E-state index contributed by atoms with van der Waals surface area (Å²) >= 11 is 0. The van der Waals surface area contributed by atoms with Crippen LogP contribution in [0.1, 0.15) is 36.8 Å². The number of benzene rings is 1. The number of aromatic hydroxyl groups is 1. The third-order valence-electron chi connectivity index (χ3n) is 5.20. The third kappa shape index (κ3) is 3.08. The van der Waals surface area contributed by atoms with Gasteiger partial charge in [-0.25, -0.2) is 0 Å². The molecule has 0 unspecified atom stereocenters. The molecule has 2 heterocycles. The number of aryl methyl sites for hydroxylation is 1. The van der Waals surface area contributed by atoms with Crippen molar-refractivity contribution in [3.8, 4) is 28.8 Å². The van der Waals surface area contributed by atoms with Crippen molar-refractivity contribution in [2.24, 2.45) is 0 Å². The van der Waals surface area contributed by atoms with Gasteiger partial charge < -0.3 is 14.7 Å². The number of phenolic OH excluding ortho intramolecular Hbond substituents is 1. The van der Waals surface area contributed by atoms with Gasteiger partial charge in [-0.1, -0.05) is 6.42 Å². The third-order valence-corrected chi connectivity index (χ3v) is 5.20. The van der Waals surface area contributed by atoms with E-state index in [4.69, 9.17) is 10.00 Å². The average molecular weight is 364 g/mol. The highest BCUT2D eigenvalue weighted by Crippen LogP contribution is 2.38. The van der Waals surface area contributed by atoms with Crippen LogP contribution in [0.15, 0.2) is 18.2 Å². The quantitative estimate of drug-likeness (QED) is 0.874. The average Bonchev–Trinajstić information content (AvgIpc) is 2.67. The van der Waals surface area contributed by atoms with Crippen LogP contribution in [0.25, 0.3) is 11.3 Å². The van der Waals surface area contributed by atoms with Crippen molar-refractivity contribution in [1.29, 1.82) is 5.26 Å². The summed E-state index contributed by atoms with van der Waals surface area (Å²) in [4.78, 5) is 14.4. The second-order valence-electron chi connectivity index (χ2n) is 6.99. The van der Waals surface area contributed by atoms with Crippen LogP contribution in [0.2, 0.25) is 0 Å². The van der Waals surface area contributed by atoms with E-state index >= 15 is 0 Å². The van der Waals surface area contributed by atoms with Crippen LogP contribution in [-0.4, -0.2) is 40.3 Å². The molecule has 138 valence electrons. The Labute approximate surface area is 157 Å². The molecule has 0 bridgehead atoms. The number of ether oxygens (including phenoxy) is 1. The Bertz CT molecular complexity index is 928. The Morgan fingerprint density at radius 1 is 1.30 bits per heavy atom. The van der Waals surface area contributed by atoms with E-state index in [1.165, 1.54) is 6.07 Å². The lowest BCUT2D eigenvalue weighted by atomic mass is 9.92. The minimum Gasteiger partial charge on any atom is -0.507 e. The zero-order valence-electron chi connectivity index (χ0n) is 15.1. The molecule has 1 N–H and O–H groups in total. The number of hydrogen-bond acceptors (Lipinski definition) is 7. The van der Waals surface area contributed by atoms with Gasteiger partial charge in [-0.05, 0) is 37.5 Å². The van der Waals surface area contributed by atoms with E-state index in [1.807, 2.05) is 17.9 Å². The van der Waals surface area contributed by atoms with Crippen molar-refractivity contribution in [3.05, 3.63) is 29.3 Å². The molecule has 27 heavy (non-hydrogen) atoms. The van der Waals surface area contributed by atoms with E-state index in [9.17, 15) is 9.90 Å². The number of nitriles is 1. The van der Waals surface area contributed by atoms with Gasteiger partial charge >= 0.3 is 0 Å². The number of anilines is 1. The summed E-state index contributed by atoms with van der Waals surface area (Å²) in [6, 6.07) is 6.72. The summed E-state index contributed by atoms with van der Waals surface area (Å²) in [5, 5.41) is 28.0. The molecular formula is C20H20N4O3. The Balaban J connectivity index is 1.72. The van der Waals surface area contributed by atoms with Crippen molar-refractivity contribution in [2.45, 2.75) is 38.6 Å². The lowest BCUT2D eigenvalue weighted by Crippen LogP contribution is -2.47. The van der Waals surface area contributed by atoms with Gasteiger partial charge in [-0.2, -0.15) is 5.26 Å². The molecule has 0 amide bonds. The Hall–Kier alpha value is -3.14. The van der Waals surface area contributed by atoms with Gasteiger partial charge in [0.05, 0.1) is 24.2 Å². The first-order chi connectivity index (χ1) is 13.1. The van der Waals surface area contributed by atoms with Gasteiger partial charge in [-0.15, -0.1) is 10.2 Å². The van der Waals surface area contributed by atoms with Crippen LogP contribution >= 0.6 is 0 Å². The lowest BCUT2D eigenvalue weighted by Gasteiger charge is -2.37. The van der Waals surface area contributed by atoms with Crippen molar-refractivity contribution >= 4 is 11.6 Å². The minimum absolute atomic E-state index is 0.0177. The van der Waals surface area contributed by atoms with E-state index < -0.39 is 0 Å². The topological polar surface area (TPSA) is 99.3 Å².